The Bertz CT molecular complexity index is 1110. The Morgan fingerprint density at radius 1 is 1.34 bits per heavy atom. The normalized spacial score (nSPS) is 11.3. The van der Waals surface area contributed by atoms with Crippen molar-refractivity contribution >= 4 is 45.4 Å². The second kappa shape index (κ2) is 8.80. The summed E-state index contributed by atoms with van der Waals surface area (Å²) in [5, 5.41) is 27.3. The molecule has 1 aromatic heterocycles. The maximum Gasteiger partial charge on any atom is 0.352 e. The number of benzene rings is 2. The number of aromatic nitrogens is 1. The summed E-state index contributed by atoms with van der Waals surface area (Å²) in [6.45, 7) is 1.89. The molecule has 0 radical (unpaired) electrons. The fourth-order valence-electron chi connectivity index (χ4n) is 2.56. The molecule has 0 saturated carbocycles. The van der Waals surface area contributed by atoms with E-state index >= 15 is 0 Å². The predicted molar refractivity (Wildman–Crippen MR) is 113 cm³/mol. The molecule has 29 heavy (non-hydrogen) atoms. The number of nitrogens with zero attached hydrogens (tertiary/aromatic N) is 3. The minimum atomic E-state index is -1.28. The van der Waals surface area contributed by atoms with Crippen LogP contribution in [0.15, 0.2) is 52.9 Å². The molecule has 148 valence electrons. The predicted octanol–water partition coefficient (Wildman–Crippen LogP) is 4.78. The van der Waals surface area contributed by atoms with Crippen molar-refractivity contribution < 1.29 is 14.8 Å². The van der Waals surface area contributed by atoms with Gasteiger partial charge in [0.2, 0.25) is 5.13 Å². The lowest BCUT2D eigenvalue weighted by Crippen LogP contribution is -2.18. The monoisotopic (exact) mass is 430 g/mol. The lowest BCUT2D eigenvalue weighted by atomic mass is 10.1. The second-order valence-electron chi connectivity index (χ2n) is 6.04. The number of aliphatic carboxylic acids is 1. The molecule has 3 aromatic rings. The Morgan fingerprint density at radius 2 is 2.10 bits per heavy atom. The van der Waals surface area contributed by atoms with Gasteiger partial charge in [0, 0.05) is 34.0 Å². The van der Waals surface area contributed by atoms with Crippen LogP contribution in [0.25, 0.3) is 11.3 Å². The van der Waals surface area contributed by atoms with Crippen LogP contribution < -0.4 is 5.43 Å². The Hall–Kier alpha value is -3.30. The molecule has 0 fully saturated rings. The van der Waals surface area contributed by atoms with Crippen LogP contribution in [0.1, 0.15) is 11.1 Å². The molecule has 0 spiro atoms. The Balaban J connectivity index is 1.80. The summed E-state index contributed by atoms with van der Waals surface area (Å²) in [4.78, 5) is 26.5. The number of nitrogens with one attached hydrogen (secondary N) is 1. The van der Waals surface area contributed by atoms with Crippen molar-refractivity contribution in [2.45, 2.75) is 13.3 Å². The number of para-hydroxylation sites is 1. The van der Waals surface area contributed by atoms with Crippen LogP contribution in [0.3, 0.4) is 0 Å². The third-order valence-corrected chi connectivity index (χ3v) is 5.21. The number of halogens is 1. The first-order chi connectivity index (χ1) is 13.8. The molecule has 8 nitrogen and oxygen atoms in total. The fraction of sp³-hybridized carbons (Fsp3) is 0.105. The maximum atomic E-state index is 11.5. The van der Waals surface area contributed by atoms with E-state index < -0.39 is 10.9 Å². The molecule has 1 heterocycles. The number of nitro groups is 1. The zero-order valence-electron chi connectivity index (χ0n) is 15.1. The van der Waals surface area contributed by atoms with Gasteiger partial charge in [-0.2, -0.15) is 5.10 Å². The van der Waals surface area contributed by atoms with E-state index in [2.05, 4.69) is 15.5 Å². The zero-order valence-corrected chi connectivity index (χ0v) is 16.7. The van der Waals surface area contributed by atoms with Gasteiger partial charge < -0.3 is 5.11 Å². The number of anilines is 1. The lowest BCUT2D eigenvalue weighted by Gasteiger charge is -2.04. The molecule has 0 unspecified atom stereocenters. The van der Waals surface area contributed by atoms with Crippen LogP contribution in [0, 0.1) is 17.0 Å². The molecule has 0 atom stereocenters. The molecule has 2 N–H and O–H groups in total. The van der Waals surface area contributed by atoms with Crippen molar-refractivity contribution in [3.05, 3.63) is 74.1 Å². The standard InChI is InChI=1S/C19H15ClN4O4S/c1-11-8-12(6-7-14(11)20)16-10-29-19(21-16)23-22-15(18(25)26)9-13-4-2-3-5-17(13)24(27)28/h2-8,10H,9H2,1H3,(H,21,23)(H,25,26)/b22-15-. The molecular weight excluding hydrogens is 416 g/mol. The number of nitro benzene ring substituents is 1. The van der Waals surface area contributed by atoms with Gasteiger partial charge in [-0.05, 0) is 24.6 Å². The van der Waals surface area contributed by atoms with E-state index in [0.717, 1.165) is 11.1 Å². The summed E-state index contributed by atoms with van der Waals surface area (Å²) in [5.41, 5.74) is 4.96. The number of carboxylic acids is 1. The van der Waals surface area contributed by atoms with Crippen molar-refractivity contribution in [2.75, 3.05) is 5.43 Å². The first-order valence-electron chi connectivity index (χ1n) is 8.35. The molecule has 0 aliphatic heterocycles. The first-order valence-corrected chi connectivity index (χ1v) is 9.61. The van der Waals surface area contributed by atoms with Gasteiger partial charge in [-0.3, -0.25) is 15.5 Å². The zero-order chi connectivity index (χ0) is 21.0. The molecule has 2 aromatic carbocycles. The van der Waals surface area contributed by atoms with E-state index in [9.17, 15) is 20.0 Å². The molecule has 0 aliphatic carbocycles. The Morgan fingerprint density at radius 3 is 2.79 bits per heavy atom. The minimum Gasteiger partial charge on any atom is -0.477 e. The third-order valence-electron chi connectivity index (χ3n) is 4.04. The van der Waals surface area contributed by atoms with Crippen molar-refractivity contribution in [2.24, 2.45) is 5.10 Å². The van der Waals surface area contributed by atoms with Crippen LogP contribution in [-0.2, 0) is 11.2 Å². The van der Waals surface area contributed by atoms with Crippen molar-refractivity contribution in [3.8, 4) is 11.3 Å². The summed E-state index contributed by atoms with van der Waals surface area (Å²) in [5.74, 6) is -1.28. The van der Waals surface area contributed by atoms with Gasteiger partial charge in [-0.25, -0.2) is 9.78 Å². The summed E-state index contributed by atoms with van der Waals surface area (Å²) in [7, 11) is 0. The first kappa shape index (κ1) is 20.4. The average molecular weight is 431 g/mol. The molecule has 0 bridgehead atoms. The topological polar surface area (TPSA) is 118 Å². The van der Waals surface area contributed by atoms with E-state index in [1.165, 1.54) is 29.5 Å². The smallest absolute Gasteiger partial charge is 0.352 e. The molecule has 3 rings (SSSR count). The van der Waals surface area contributed by atoms with Crippen LogP contribution in [-0.4, -0.2) is 26.7 Å². The van der Waals surface area contributed by atoms with Gasteiger partial charge in [0.15, 0.2) is 0 Å². The molecular formula is C19H15ClN4O4S. The van der Waals surface area contributed by atoms with E-state index in [4.69, 9.17) is 11.6 Å². The van der Waals surface area contributed by atoms with Crippen LogP contribution >= 0.6 is 22.9 Å². The summed E-state index contributed by atoms with van der Waals surface area (Å²) in [6.07, 6.45) is -0.200. The average Bonchev–Trinajstić information content (AvgIpc) is 3.16. The van der Waals surface area contributed by atoms with Gasteiger partial charge in [0.25, 0.3) is 5.69 Å². The number of carboxylic acid groups (broad SMARTS) is 1. The molecule has 0 saturated heterocycles. The number of thiazole rings is 1. The van der Waals surface area contributed by atoms with Crippen LogP contribution in [0.5, 0.6) is 0 Å². The van der Waals surface area contributed by atoms with E-state index in [1.54, 1.807) is 12.1 Å². The minimum absolute atomic E-state index is 0.156. The lowest BCUT2D eigenvalue weighted by molar-refractivity contribution is -0.385. The fourth-order valence-corrected chi connectivity index (χ4v) is 3.34. The largest absolute Gasteiger partial charge is 0.477 e. The van der Waals surface area contributed by atoms with E-state index in [0.29, 0.717) is 15.8 Å². The van der Waals surface area contributed by atoms with Gasteiger partial charge in [0.05, 0.1) is 10.6 Å². The number of hydrogen-bond donors (Lipinski definition) is 2. The highest BCUT2D eigenvalue weighted by atomic mass is 35.5. The molecule has 10 heteroatoms. The molecule has 0 amide bonds. The SMILES string of the molecule is Cc1cc(-c2csc(N/N=C(/Cc3ccccc3[N+](=O)[O-])C(=O)O)n2)ccc1Cl. The second-order valence-corrected chi connectivity index (χ2v) is 7.31. The Labute approximate surface area is 174 Å². The Kier molecular flexibility index (Phi) is 6.20. The molecule has 0 aliphatic rings. The van der Waals surface area contributed by atoms with E-state index in [-0.39, 0.29) is 23.4 Å². The maximum absolute atomic E-state index is 11.5. The summed E-state index contributed by atoms with van der Waals surface area (Å²) in [6, 6.07) is 11.5. The van der Waals surface area contributed by atoms with Crippen molar-refractivity contribution in [1.29, 1.82) is 0 Å². The highest BCUT2D eigenvalue weighted by molar-refractivity contribution is 7.14. The van der Waals surface area contributed by atoms with Crippen LogP contribution in [0.4, 0.5) is 10.8 Å². The number of hydrazone groups is 1. The van der Waals surface area contributed by atoms with Crippen molar-refractivity contribution in [3.63, 3.8) is 0 Å². The van der Waals surface area contributed by atoms with E-state index in [1.807, 2.05) is 24.4 Å². The number of aryl methyl sites for hydroxylation is 1. The summed E-state index contributed by atoms with van der Waals surface area (Å²) >= 11 is 7.30. The summed E-state index contributed by atoms with van der Waals surface area (Å²) < 4.78 is 0. The highest BCUT2D eigenvalue weighted by Gasteiger charge is 2.18. The van der Waals surface area contributed by atoms with Crippen molar-refractivity contribution in [1.82, 2.24) is 4.98 Å². The van der Waals surface area contributed by atoms with Gasteiger partial charge in [-0.15, -0.1) is 11.3 Å². The number of hydrogen-bond acceptors (Lipinski definition) is 7. The van der Waals surface area contributed by atoms with Gasteiger partial charge in [-0.1, -0.05) is 35.9 Å². The van der Waals surface area contributed by atoms with Gasteiger partial charge >= 0.3 is 5.97 Å². The van der Waals surface area contributed by atoms with Crippen LogP contribution in [0.2, 0.25) is 5.02 Å². The quantitative estimate of drug-likeness (QED) is 0.316. The number of rotatable bonds is 7. The highest BCUT2D eigenvalue weighted by Crippen LogP contribution is 2.28. The number of carbonyl (C=O) groups is 1. The third kappa shape index (κ3) is 4.95. The van der Waals surface area contributed by atoms with Gasteiger partial charge in [0.1, 0.15) is 5.71 Å².